The lowest BCUT2D eigenvalue weighted by molar-refractivity contribution is -0.113. The summed E-state index contributed by atoms with van der Waals surface area (Å²) in [5.74, 6) is 0.281. The molecule has 2 aromatic rings. The van der Waals surface area contributed by atoms with Gasteiger partial charge in [0.25, 0.3) is 0 Å². The van der Waals surface area contributed by atoms with Crippen LogP contribution < -0.4 is 10.6 Å². The van der Waals surface area contributed by atoms with E-state index in [2.05, 4.69) is 20.8 Å². The van der Waals surface area contributed by atoms with Crippen LogP contribution in [-0.4, -0.2) is 28.9 Å². The first kappa shape index (κ1) is 13.8. The van der Waals surface area contributed by atoms with Crippen LogP contribution in [0.3, 0.4) is 0 Å². The van der Waals surface area contributed by atoms with Crippen LogP contribution in [0, 0.1) is 6.92 Å². The highest BCUT2D eigenvalue weighted by molar-refractivity contribution is 8.01. The predicted molar refractivity (Wildman–Crippen MR) is 80.0 cm³/mol. The van der Waals surface area contributed by atoms with Crippen LogP contribution in [0.1, 0.15) is 5.56 Å². The molecule has 1 amide bonds. The van der Waals surface area contributed by atoms with Crippen LogP contribution in [-0.2, 0) is 4.79 Å². The maximum Gasteiger partial charge on any atom is 0.234 e. The fourth-order valence-corrected chi connectivity index (χ4v) is 2.92. The molecule has 0 spiro atoms. The van der Waals surface area contributed by atoms with Crippen LogP contribution in [0.15, 0.2) is 28.6 Å². The molecule has 19 heavy (non-hydrogen) atoms. The number of amides is 1. The number of carbonyl (C=O) groups is 1. The molecular weight excluding hydrogens is 280 g/mol. The van der Waals surface area contributed by atoms with Gasteiger partial charge in [0.15, 0.2) is 4.34 Å². The minimum atomic E-state index is -0.0446. The van der Waals surface area contributed by atoms with Gasteiger partial charge in [0.1, 0.15) is 0 Å². The van der Waals surface area contributed by atoms with Gasteiger partial charge in [-0.2, -0.15) is 0 Å². The van der Waals surface area contributed by atoms with Gasteiger partial charge < -0.3 is 10.6 Å². The van der Waals surface area contributed by atoms with Gasteiger partial charge in [-0.15, -0.1) is 10.2 Å². The number of nitrogens with zero attached hydrogens (tertiary/aromatic N) is 2. The van der Waals surface area contributed by atoms with Gasteiger partial charge in [-0.1, -0.05) is 35.2 Å². The molecule has 1 aromatic carbocycles. The molecule has 1 aromatic heterocycles. The molecule has 0 saturated carbocycles. The van der Waals surface area contributed by atoms with Crippen molar-refractivity contribution in [2.45, 2.75) is 11.3 Å². The van der Waals surface area contributed by atoms with E-state index < -0.39 is 0 Å². The van der Waals surface area contributed by atoms with Crippen LogP contribution >= 0.6 is 23.1 Å². The molecule has 0 radical (unpaired) electrons. The Balaban J connectivity index is 1.84. The Bertz CT molecular complexity index is 570. The van der Waals surface area contributed by atoms with Crippen molar-refractivity contribution in [3.63, 3.8) is 0 Å². The van der Waals surface area contributed by atoms with E-state index in [9.17, 15) is 4.79 Å². The number of carbonyl (C=O) groups excluding carboxylic acids is 1. The Morgan fingerprint density at radius 1 is 1.42 bits per heavy atom. The number of thioether (sulfide) groups is 1. The first-order chi connectivity index (χ1) is 9.17. The van der Waals surface area contributed by atoms with E-state index in [1.165, 1.54) is 23.1 Å². The fourth-order valence-electron chi connectivity index (χ4n) is 1.42. The van der Waals surface area contributed by atoms with Gasteiger partial charge in [0.2, 0.25) is 11.0 Å². The third-order valence-corrected chi connectivity index (χ3v) is 4.32. The zero-order valence-electron chi connectivity index (χ0n) is 10.6. The molecule has 2 N–H and O–H groups in total. The number of rotatable bonds is 5. The molecule has 0 bridgehead atoms. The van der Waals surface area contributed by atoms with Crippen molar-refractivity contribution in [2.24, 2.45) is 0 Å². The minimum Gasteiger partial charge on any atom is -0.363 e. The quantitative estimate of drug-likeness (QED) is 0.830. The van der Waals surface area contributed by atoms with Crippen molar-refractivity contribution in [1.29, 1.82) is 0 Å². The van der Waals surface area contributed by atoms with Crippen molar-refractivity contribution < 1.29 is 4.79 Å². The van der Waals surface area contributed by atoms with Gasteiger partial charge in [0, 0.05) is 12.7 Å². The molecule has 1 heterocycles. The highest BCUT2D eigenvalue weighted by atomic mass is 32.2. The first-order valence-corrected chi connectivity index (χ1v) is 7.48. The monoisotopic (exact) mass is 294 g/mol. The van der Waals surface area contributed by atoms with Crippen molar-refractivity contribution in [2.75, 3.05) is 23.4 Å². The molecule has 100 valence electrons. The standard InChI is InChI=1S/C12H14N4OS2/c1-8-4-3-5-9(6-8)14-10(17)7-18-12-16-15-11(13-2)19-12/h3-6H,7H2,1-2H3,(H,13,15)(H,14,17). The van der Waals surface area contributed by atoms with Gasteiger partial charge in [-0.3, -0.25) is 4.79 Å². The smallest absolute Gasteiger partial charge is 0.234 e. The van der Waals surface area contributed by atoms with E-state index in [0.717, 1.165) is 20.7 Å². The number of benzene rings is 1. The topological polar surface area (TPSA) is 66.9 Å². The van der Waals surface area contributed by atoms with E-state index in [1.54, 1.807) is 7.05 Å². The molecule has 0 aliphatic rings. The summed E-state index contributed by atoms with van der Waals surface area (Å²) >= 11 is 2.81. The minimum absolute atomic E-state index is 0.0446. The van der Waals surface area contributed by atoms with Crippen LogP contribution in [0.4, 0.5) is 10.8 Å². The van der Waals surface area contributed by atoms with Crippen molar-refractivity contribution >= 4 is 39.8 Å². The lowest BCUT2D eigenvalue weighted by Crippen LogP contribution is -2.13. The predicted octanol–water partition coefficient (Wildman–Crippen LogP) is 2.62. The van der Waals surface area contributed by atoms with Crippen LogP contribution in [0.5, 0.6) is 0 Å². The molecule has 0 aliphatic heterocycles. The van der Waals surface area contributed by atoms with Crippen molar-refractivity contribution in [3.8, 4) is 0 Å². The number of hydrogen-bond donors (Lipinski definition) is 2. The van der Waals surface area contributed by atoms with Crippen LogP contribution in [0.2, 0.25) is 0 Å². The van der Waals surface area contributed by atoms with E-state index in [1.807, 2.05) is 31.2 Å². The zero-order valence-corrected chi connectivity index (χ0v) is 12.3. The Hall–Kier alpha value is -1.60. The third kappa shape index (κ3) is 4.22. The zero-order chi connectivity index (χ0) is 13.7. The number of anilines is 2. The largest absolute Gasteiger partial charge is 0.363 e. The Morgan fingerprint density at radius 3 is 2.95 bits per heavy atom. The average molecular weight is 294 g/mol. The summed E-state index contributed by atoms with van der Waals surface area (Å²) in [4.78, 5) is 11.8. The van der Waals surface area contributed by atoms with Crippen LogP contribution in [0.25, 0.3) is 0 Å². The normalized spacial score (nSPS) is 10.2. The molecule has 0 unspecified atom stereocenters. The second-order valence-corrected chi connectivity index (χ2v) is 6.03. The number of aromatic nitrogens is 2. The fraction of sp³-hybridized carbons (Fsp3) is 0.250. The molecule has 0 fully saturated rings. The lowest BCUT2D eigenvalue weighted by Gasteiger charge is -2.04. The molecule has 0 atom stereocenters. The average Bonchev–Trinajstić information content (AvgIpc) is 2.84. The number of nitrogens with one attached hydrogen (secondary N) is 2. The van der Waals surface area contributed by atoms with Gasteiger partial charge >= 0.3 is 0 Å². The van der Waals surface area contributed by atoms with E-state index >= 15 is 0 Å². The summed E-state index contributed by atoms with van der Waals surface area (Å²) < 4.78 is 0.781. The summed E-state index contributed by atoms with van der Waals surface area (Å²) in [6, 6.07) is 7.72. The molecule has 0 saturated heterocycles. The van der Waals surface area contributed by atoms with Crippen molar-refractivity contribution in [1.82, 2.24) is 10.2 Å². The Labute approximate surface area is 119 Å². The van der Waals surface area contributed by atoms with Crippen molar-refractivity contribution in [3.05, 3.63) is 29.8 Å². The maximum absolute atomic E-state index is 11.8. The third-order valence-electron chi connectivity index (χ3n) is 2.25. The highest BCUT2D eigenvalue weighted by Crippen LogP contribution is 2.25. The summed E-state index contributed by atoms with van der Waals surface area (Å²) in [6.07, 6.45) is 0. The maximum atomic E-state index is 11.8. The second-order valence-electron chi connectivity index (χ2n) is 3.83. The molecule has 0 aliphatic carbocycles. The van der Waals surface area contributed by atoms with E-state index in [4.69, 9.17) is 0 Å². The molecular formula is C12H14N4OS2. The SMILES string of the molecule is CNc1nnc(SCC(=O)Nc2cccc(C)c2)s1. The second kappa shape index (κ2) is 6.53. The summed E-state index contributed by atoms with van der Waals surface area (Å²) in [5, 5.41) is 14.4. The Kier molecular flexibility index (Phi) is 4.75. The highest BCUT2D eigenvalue weighted by Gasteiger charge is 2.07. The molecule has 2 rings (SSSR count). The summed E-state index contributed by atoms with van der Waals surface area (Å²) in [6.45, 7) is 1.99. The molecule has 5 nitrogen and oxygen atoms in total. The molecule has 7 heteroatoms. The first-order valence-electron chi connectivity index (χ1n) is 5.68. The summed E-state index contributed by atoms with van der Waals surface area (Å²) in [7, 11) is 1.79. The van der Waals surface area contributed by atoms with Gasteiger partial charge in [0.05, 0.1) is 5.75 Å². The Morgan fingerprint density at radius 2 is 2.26 bits per heavy atom. The number of aryl methyl sites for hydroxylation is 1. The summed E-state index contributed by atoms with van der Waals surface area (Å²) in [5.41, 5.74) is 1.94. The number of hydrogen-bond acceptors (Lipinski definition) is 6. The van der Waals surface area contributed by atoms with Gasteiger partial charge in [-0.25, -0.2) is 0 Å². The lowest BCUT2D eigenvalue weighted by atomic mass is 10.2. The van der Waals surface area contributed by atoms with Gasteiger partial charge in [-0.05, 0) is 24.6 Å². The van der Waals surface area contributed by atoms with E-state index in [-0.39, 0.29) is 5.91 Å². The van der Waals surface area contributed by atoms with E-state index in [0.29, 0.717) is 5.75 Å².